The third kappa shape index (κ3) is 6.04. The molecule has 1 aromatic carbocycles. The second-order valence-corrected chi connectivity index (χ2v) is 8.32. The maximum atomic E-state index is 12.5. The molecule has 27 heavy (non-hydrogen) atoms. The molecule has 0 unspecified atom stereocenters. The summed E-state index contributed by atoms with van der Waals surface area (Å²) in [5, 5.41) is 3.30. The monoisotopic (exact) mass is 438 g/mol. The standard InChI is InChI=1S/C17H26N4O3S.2ClH/c1-14(22)21-10-5-15-3-4-16(13-17(15)21)25(23,24)19-6-2-9-20-11-7-18-8-12-20;;/h3-4,13,18-19H,2,5-12H2,1H3;2*1H. The van der Waals surface area contributed by atoms with Gasteiger partial charge in [-0.2, -0.15) is 0 Å². The van der Waals surface area contributed by atoms with Gasteiger partial charge in [0.15, 0.2) is 0 Å². The number of rotatable bonds is 6. The molecule has 1 saturated heterocycles. The smallest absolute Gasteiger partial charge is 0.240 e. The molecule has 154 valence electrons. The number of piperazine rings is 1. The predicted octanol–water partition coefficient (Wildman–Crippen LogP) is 1.01. The number of carbonyl (C=O) groups excluding carboxylic acids is 1. The number of anilines is 1. The first kappa shape index (κ1) is 24.1. The molecule has 0 radical (unpaired) electrons. The van der Waals surface area contributed by atoms with Crippen molar-refractivity contribution in [1.29, 1.82) is 0 Å². The lowest BCUT2D eigenvalue weighted by Crippen LogP contribution is -2.44. The van der Waals surface area contributed by atoms with Gasteiger partial charge >= 0.3 is 0 Å². The summed E-state index contributed by atoms with van der Waals surface area (Å²) in [6, 6.07) is 5.05. The zero-order chi connectivity index (χ0) is 17.9. The largest absolute Gasteiger partial charge is 0.314 e. The minimum absolute atomic E-state index is 0. The Bertz CT molecular complexity index is 740. The van der Waals surface area contributed by atoms with Crippen LogP contribution in [0, 0.1) is 0 Å². The van der Waals surface area contributed by atoms with E-state index in [9.17, 15) is 13.2 Å². The van der Waals surface area contributed by atoms with Crippen LogP contribution in [0.15, 0.2) is 23.1 Å². The number of fused-ring (bicyclic) bond motifs is 1. The van der Waals surface area contributed by atoms with E-state index in [-0.39, 0.29) is 35.6 Å². The maximum absolute atomic E-state index is 12.5. The van der Waals surface area contributed by atoms with Gasteiger partial charge in [0.25, 0.3) is 0 Å². The first-order chi connectivity index (χ1) is 12.0. The Morgan fingerprint density at radius 3 is 2.56 bits per heavy atom. The Balaban J connectivity index is 0.00000182. The van der Waals surface area contributed by atoms with Crippen molar-refractivity contribution in [2.75, 3.05) is 50.7 Å². The highest BCUT2D eigenvalue weighted by molar-refractivity contribution is 7.89. The van der Waals surface area contributed by atoms with Crippen LogP contribution in [0.4, 0.5) is 5.69 Å². The van der Waals surface area contributed by atoms with Gasteiger partial charge in [0.05, 0.1) is 4.90 Å². The van der Waals surface area contributed by atoms with Crippen LogP contribution in [-0.2, 0) is 21.2 Å². The lowest BCUT2D eigenvalue weighted by molar-refractivity contribution is -0.116. The molecule has 2 heterocycles. The number of hydrogen-bond donors (Lipinski definition) is 2. The van der Waals surface area contributed by atoms with Crippen LogP contribution in [0.25, 0.3) is 0 Å². The summed E-state index contributed by atoms with van der Waals surface area (Å²) in [4.78, 5) is 15.9. The fraction of sp³-hybridized carbons (Fsp3) is 0.588. The highest BCUT2D eigenvalue weighted by Crippen LogP contribution is 2.30. The summed E-state index contributed by atoms with van der Waals surface area (Å²) in [7, 11) is -3.55. The fourth-order valence-corrected chi connectivity index (χ4v) is 4.47. The van der Waals surface area contributed by atoms with E-state index in [0.29, 0.717) is 13.1 Å². The normalized spacial score (nSPS) is 17.0. The molecular weight excluding hydrogens is 411 g/mol. The van der Waals surface area contributed by atoms with E-state index in [2.05, 4.69) is 14.9 Å². The zero-order valence-corrected chi connectivity index (χ0v) is 17.9. The van der Waals surface area contributed by atoms with Gasteiger partial charge in [-0.15, -0.1) is 24.8 Å². The summed E-state index contributed by atoms with van der Waals surface area (Å²) >= 11 is 0. The van der Waals surface area contributed by atoms with Crippen molar-refractivity contribution in [2.24, 2.45) is 0 Å². The second kappa shape index (κ2) is 10.6. The van der Waals surface area contributed by atoms with Gasteiger partial charge in [0.2, 0.25) is 15.9 Å². The van der Waals surface area contributed by atoms with Gasteiger partial charge in [0, 0.05) is 51.9 Å². The minimum Gasteiger partial charge on any atom is -0.314 e. The Morgan fingerprint density at radius 1 is 1.19 bits per heavy atom. The second-order valence-electron chi connectivity index (χ2n) is 6.55. The molecule has 0 atom stereocenters. The topological polar surface area (TPSA) is 81.8 Å². The Labute approximate surface area is 173 Å². The number of hydrogen-bond acceptors (Lipinski definition) is 5. The molecule has 2 N–H and O–H groups in total. The number of nitrogens with zero attached hydrogens (tertiary/aromatic N) is 2. The van der Waals surface area contributed by atoms with Crippen LogP contribution in [0.5, 0.6) is 0 Å². The first-order valence-electron chi connectivity index (χ1n) is 8.81. The quantitative estimate of drug-likeness (QED) is 0.647. The molecule has 10 heteroatoms. The summed E-state index contributed by atoms with van der Waals surface area (Å²) in [6.45, 7) is 7.45. The molecule has 1 fully saturated rings. The molecule has 3 rings (SSSR count). The molecule has 0 aromatic heterocycles. The lowest BCUT2D eigenvalue weighted by Gasteiger charge is -2.27. The Hall–Kier alpha value is -0.900. The first-order valence-corrected chi connectivity index (χ1v) is 10.3. The molecule has 2 aliphatic rings. The van der Waals surface area contributed by atoms with Crippen molar-refractivity contribution in [2.45, 2.75) is 24.7 Å². The number of nitrogens with one attached hydrogen (secondary N) is 2. The fourth-order valence-electron chi connectivity index (χ4n) is 3.38. The van der Waals surface area contributed by atoms with Crippen LogP contribution >= 0.6 is 24.8 Å². The van der Waals surface area contributed by atoms with Gasteiger partial charge in [-0.25, -0.2) is 13.1 Å². The van der Waals surface area contributed by atoms with Crippen LogP contribution in [0.3, 0.4) is 0 Å². The van der Waals surface area contributed by atoms with Crippen LogP contribution < -0.4 is 14.9 Å². The number of sulfonamides is 1. The molecule has 2 aliphatic heterocycles. The van der Waals surface area contributed by atoms with E-state index in [1.165, 1.54) is 6.92 Å². The van der Waals surface area contributed by atoms with Gasteiger partial charge < -0.3 is 15.1 Å². The van der Waals surface area contributed by atoms with E-state index in [4.69, 9.17) is 0 Å². The van der Waals surface area contributed by atoms with Crippen LogP contribution in [0.2, 0.25) is 0 Å². The average molecular weight is 439 g/mol. The summed E-state index contributed by atoms with van der Waals surface area (Å²) in [6.07, 6.45) is 1.55. The summed E-state index contributed by atoms with van der Waals surface area (Å²) < 4.78 is 27.7. The third-order valence-corrected chi connectivity index (χ3v) is 6.25. The van der Waals surface area contributed by atoms with Gasteiger partial charge in [-0.1, -0.05) is 6.07 Å². The predicted molar refractivity (Wildman–Crippen MR) is 112 cm³/mol. The number of benzene rings is 1. The van der Waals surface area contributed by atoms with E-state index in [0.717, 1.165) is 56.8 Å². The Kier molecular flexibility index (Phi) is 9.47. The molecule has 0 bridgehead atoms. The highest BCUT2D eigenvalue weighted by atomic mass is 35.5. The molecule has 7 nitrogen and oxygen atoms in total. The van der Waals surface area contributed by atoms with Crippen molar-refractivity contribution in [3.8, 4) is 0 Å². The summed E-state index contributed by atoms with van der Waals surface area (Å²) in [5.41, 5.74) is 1.74. The molecule has 1 amide bonds. The van der Waals surface area contributed by atoms with Crippen LogP contribution in [0.1, 0.15) is 18.9 Å². The van der Waals surface area contributed by atoms with Gasteiger partial charge in [-0.3, -0.25) is 4.79 Å². The number of carbonyl (C=O) groups is 1. The SMILES string of the molecule is CC(=O)N1CCc2ccc(S(=O)(=O)NCCCN3CCNCC3)cc21.Cl.Cl. The molecule has 0 spiro atoms. The van der Waals surface area contributed by atoms with Crippen molar-refractivity contribution in [3.63, 3.8) is 0 Å². The van der Waals surface area contributed by atoms with E-state index in [1.807, 2.05) is 6.07 Å². The third-order valence-electron chi connectivity index (χ3n) is 4.80. The average Bonchev–Trinajstić information content (AvgIpc) is 3.03. The van der Waals surface area contributed by atoms with E-state index >= 15 is 0 Å². The van der Waals surface area contributed by atoms with Crippen molar-refractivity contribution in [1.82, 2.24) is 14.9 Å². The summed E-state index contributed by atoms with van der Waals surface area (Å²) in [5.74, 6) is -0.0581. The lowest BCUT2D eigenvalue weighted by atomic mass is 10.2. The minimum atomic E-state index is -3.55. The van der Waals surface area contributed by atoms with Crippen LogP contribution in [-0.4, -0.2) is 65.0 Å². The van der Waals surface area contributed by atoms with Gasteiger partial charge in [0.1, 0.15) is 0 Å². The van der Waals surface area contributed by atoms with E-state index < -0.39 is 10.0 Å². The Morgan fingerprint density at radius 2 is 1.89 bits per heavy atom. The van der Waals surface area contributed by atoms with Crippen molar-refractivity contribution < 1.29 is 13.2 Å². The van der Waals surface area contributed by atoms with Crippen molar-refractivity contribution >= 4 is 46.4 Å². The molecule has 1 aromatic rings. The molecule has 0 saturated carbocycles. The zero-order valence-electron chi connectivity index (χ0n) is 15.4. The molecular formula is C17H28Cl2N4O3S. The van der Waals surface area contributed by atoms with Crippen molar-refractivity contribution in [3.05, 3.63) is 23.8 Å². The number of amides is 1. The maximum Gasteiger partial charge on any atom is 0.240 e. The van der Waals surface area contributed by atoms with E-state index in [1.54, 1.807) is 17.0 Å². The highest BCUT2D eigenvalue weighted by Gasteiger charge is 2.25. The van der Waals surface area contributed by atoms with Gasteiger partial charge in [-0.05, 0) is 37.1 Å². The number of halogens is 2. The molecule has 0 aliphatic carbocycles.